The van der Waals surface area contributed by atoms with Gasteiger partial charge in [-0.15, -0.1) is 0 Å². The first kappa shape index (κ1) is 20.7. The highest BCUT2D eigenvalue weighted by molar-refractivity contribution is 6.30. The van der Waals surface area contributed by atoms with Crippen LogP contribution in [0, 0.1) is 0 Å². The number of amides is 2. The van der Waals surface area contributed by atoms with Gasteiger partial charge in [0.2, 0.25) is 5.91 Å². The number of fused-ring (bicyclic) bond motifs is 1. The fourth-order valence-electron chi connectivity index (χ4n) is 3.74. The summed E-state index contributed by atoms with van der Waals surface area (Å²) in [5, 5.41) is 6.42. The van der Waals surface area contributed by atoms with Crippen molar-refractivity contribution in [3.63, 3.8) is 0 Å². The zero-order valence-corrected chi connectivity index (χ0v) is 17.5. The van der Waals surface area contributed by atoms with Crippen molar-refractivity contribution in [3.8, 4) is 5.75 Å². The van der Waals surface area contributed by atoms with E-state index in [2.05, 4.69) is 32.6 Å². The molecule has 1 saturated heterocycles. The zero-order chi connectivity index (χ0) is 20.9. The van der Waals surface area contributed by atoms with Crippen molar-refractivity contribution in [2.75, 3.05) is 50.0 Å². The monoisotopic (exact) mass is 428 g/mol. The van der Waals surface area contributed by atoms with Crippen LogP contribution in [0.15, 0.2) is 42.5 Å². The lowest BCUT2D eigenvalue weighted by atomic mass is 10.2. The molecule has 2 aliphatic rings. The molecular formula is C22H25ClN4O3. The maximum atomic E-state index is 12.5. The summed E-state index contributed by atoms with van der Waals surface area (Å²) in [6.07, 6.45) is 1.02. The minimum absolute atomic E-state index is 0.00923. The number of carbonyl (C=O) groups is 2. The molecule has 8 heteroatoms. The molecule has 2 N–H and O–H groups in total. The molecule has 2 aromatic carbocycles. The number of nitrogens with zero attached hydrogens (tertiary/aromatic N) is 2. The van der Waals surface area contributed by atoms with Crippen LogP contribution < -0.4 is 15.4 Å². The summed E-state index contributed by atoms with van der Waals surface area (Å²) in [5.74, 6) is 0.339. The Kier molecular flexibility index (Phi) is 6.52. The van der Waals surface area contributed by atoms with Crippen molar-refractivity contribution in [1.82, 2.24) is 9.80 Å². The molecule has 2 aliphatic heterocycles. The summed E-state index contributed by atoms with van der Waals surface area (Å²) in [5.41, 5.74) is 2.53. The van der Waals surface area contributed by atoms with Gasteiger partial charge in [-0.25, -0.2) is 0 Å². The lowest BCUT2D eigenvalue weighted by Crippen LogP contribution is -2.36. The van der Waals surface area contributed by atoms with Gasteiger partial charge < -0.3 is 15.4 Å². The number of benzene rings is 2. The normalized spacial score (nSPS) is 17.4. The van der Waals surface area contributed by atoms with E-state index in [0.29, 0.717) is 23.7 Å². The van der Waals surface area contributed by atoms with Gasteiger partial charge in [-0.2, -0.15) is 0 Å². The molecule has 0 radical (unpaired) electrons. The quantitative estimate of drug-likeness (QED) is 0.766. The largest absolute Gasteiger partial charge is 0.482 e. The average molecular weight is 429 g/mol. The molecule has 0 atom stereocenters. The predicted molar refractivity (Wildman–Crippen MR) is 117 cm³/mol. The van der Waals surface area contributed by atoms with Crippen LogP contribution >= 0.6 is 11.6 Å². The van der Waals surface area contributed by atoms with Crippen LogP contribution in [-0.4, -0.2) is 60.9 Å². The molecule has 30 heavy (non-hydrogen) atoms. The number of ether oxygens (including phenoxy) is 1. The average Bonchev–Trinajstić information content (AvgIpc) is 2.95. The number of anilines is 2. The third-order valence-electron chi connectivity index (χ3n) is 5.27. The van der Waals surface area contributed by atoms with Gasteiger partial charge >= 0.3 is 0 Å². The fourth-order valence-corrected chi connectivity index (χ4v) is 3.87. The van der Waals surface area contributed by atoms with Gasteiger partial charge in [0.1, 0.15) is 5.75 Å². The third-order valence-corrected chi connectivity index (χ3v) is 5.52. The van der Waals surface area contributed by atoms with E-state index in [9.17, 15) is 9.59 Å². The molecule has 0 unspecified atom stereocenters. The summed E-state index contributed by atoms with van der Waals surface area (Å²) < 4.78 is 5.40. The van der Waals surface area contributed by atoms with Gasteiger partial charge in [0.15, 0.2) is 6.61 Å². The lowest BCUT2D eigenvalue weighted by Gasteiger charge is -2.22. The molecule has 0 bridgehead atoms. The van der Waals surface area contributed by atoms with Crippen molar-refractivity contribution >= 4 is 34.8 Å². The maximum Gasteiger partial charge on any atom is 0.262 e. The van der Waals surface area contributed by atoms with Crippen LogP contribution in [0.5, 0.6) is 5.75 Å². The van der Waals surface area contributed by atoms with E-state index in [1.165, 1.54) is 5.56 Å². The van der Waals surface area contributed by atoms with Crippen molar-refractivity contribution < 1.29 is 14.3 Å². The molecule has 0 aromatic heterocycles. The molecule has 0 saturated carbocycles. The molecule has 158 valence electrons. The van der Waals surface area contributed by atoms with Gasteiger partial charge in [-0.3, -0.25) is 19.4 Å². The van der Waals surface area contributed by atoms with Crippen LogP contribution in [0.4, 0.5) is 11.4 Å². The second-order valence-electron chi connectivity index (χ2n) is 7.63. The molecular weight excluding hydrogens is 404 g/mol. The van der Waals surface area contributed by atoms with Gasteiger partial charge in [0.05, 0.1) is 12.2 Å². The smallest absolute Gasteiger partial charge is 0.262 e. The molecule has 7 nitrogen and oxygen atoms in total. The molecule has 4 rings (SSSR count). The number of nitrogens with one attached hydrogen (secondary N) is 2. The van der Waals surface area contributed by atoms with Crippen LogP contribution in [0.3, 0.4) is 0 Å². The molecule has 2 aromatic rings. The van der Waals surface area contributed by atoms with Gasteiger partial charge in [-0.1, -0.05) is 23.7 Å². The summed E-state index contributed by atoms with van der Waals surface area (Å²) in [7, 11) is 0. The topological polar surface area (TPSA) is 73.9 Å². The highest BCUT2D eigenvalue weighted by Gasteiger charge is 2.19. The van der Waals surface area contributed by atoms with Crippen LogP contribution in [0.1, 0.15) is 12.0 Å². The van der Waals surface area contributed by atoms with Crippen molar-refractivity contribution in [3.05, 3.63) is 53.1 Å². The van der Waals surface area contributed by atoms with E-state index < -0.39 is 0 Å². The molecule has 1 fully saturated rings. The summed E-state index contributed by atoms with van der Waals surface area (Å²) >= 11 is 5.97. The first-order valence-corrected chi connectivity index (χ1v) is 10.5. The first-order valence-electron chi connectivity index (χ1n) is 10.1. The second kappa shape index (κ2) is 9.47. The fraction of sp³-hybridized carbons (Fsp3) is 0.364. The number of hydrogen-bond donors (Lipinski definition) is 2. The SMILES string of the molecule is O=C(CN1CCCN(Cc2ccc(Cl)cc2)CC1)Nc1ccc2c(c1)OCC(=O)N2. The molecule has 2 amide bonds. The highest BCUT2D eigenvalue weighted by atomic mass is 35.5. The van der Waals surface area contributed by atoms with E-state index >= 15 is 0 Å². The number of hydrogen-bond acceptors (Lipinski definition) is 5. The van der Waals surface area contributed by atoms with E-state index in [-0.39, 0.29) is 18.4 Å². The van der Waals surface area contributed by atoms with Crippen molar-refractivity contribution in [2.24, 2.45) is 0 Å². The lowest BCUT2D eigenvalue weighted by molar-refractivity contribution is -0.119. The van der Waals surface area contributed by atoms with Gasteiger partial charge in [0, 0.05) is 36.4 Å². The Morgan fingerprint density at radius 2 is 1.83 bits per heavy atom. The van der Waals surface area contributed by atoms with Gasteiger partial charge in [-0.05, 0) is 49.3 Å². The Hall–Kier alpha value is -2.61. The minimum Gasteiger partial charge on any atom is -0.482 e. The number of carbonyl (C=O) groups excluding carboxylic acids is 2. The Labute approximate surface area is 180 Å². The highest BCUT2D eigenvalue weighted by Crippen LogP contribution is 2.30. The van der Waals surface area contributed by atoms with Crippen LogP contribution in [0.25, 0.3) is 0 Å². The Balaban J connectivity index is 1.27. The van der Waals surface area contributed by atoms with E-state index in [1.54, 1.807) is 18.2 Å². The van der Waals surface area contributed by atoms with Crippen LogP contribution in [-0.2, 0) is 16.1 Å². The summed E-state index contributed by atoms with van der Waals surface area (Å²) in [6, 6.07) is 13.2. The van der Waals surface area contributed by atoms with Crippen LogP contribution in [0.2, 0.25) is 5.02 Å². The first-order chi connectivity index (χ1) is 14.5. The third kappa shape index (κ3) is 5.50. The number of halogens is 1. The van der Waals surface area contributed by atoms with Gasteiger partial charge in [0.25, 0.3) is 5.91 Å². The van der Waals surface area contributed by atoms with Crippen molar-refractivity contribution in [2.45, 2.75) is 13.0 Å². The molecule has 2 heterocycles. The summed E-state index contributed by atoms with van der Waals surface area (Å²) in [6.45, 7) is 4.90. The predicted octanol–water partition coefficient (Wildman–Crippen LogP) is 2.82. The number of rotatable bonds is 5. The van der Waals surface area contributed by atoms with Crippen molar-refractivity contribution in [1.29, 1.82) is 0 Å². The molecule has 0 aliphatic carbocycles. The minimum atomic E-state index is -0.175. The maximum absolute atomic E-state index is 12.5. The van der Waals surface area contributed by atoms with E-state index in [0.717, 1.165) is 44.2 Å². The summed E-state index contributed by atoms with van der Waals surface area (Å²) in [4.78, 5) is 28.5. The second-order valence-corrected chi connectivity index (χ2v) is 8.06. The Morgan fingerprint density at radius 3 is 2.67 bits per heavy atom. The molecule has 0 spiro atoms. The Bertz CT molecular complexity index is 919. The van der Waals surface area contributed by atoms with E-state index in [1.807, 2.05) is 12.1 Å². The Morgan fingerprint density at radius 1 is 1.07 bits per heavy atom. The van der Waals surface area contributed by atoms with E-state index in [4.69, 9.17) is 16.3 Å². The standard InChI is InChI=1S/C22H25ClN4O3/c23-17-4-2-16(3-5-17)13-26-8-1-9-27(11-10-26)14-21(28)24-18-6-7-19-20(12-18)30-15-22(29)25-19/h2-7,12H,1,8-11,13-15H2,(H,24,28)(H,25,29). The zero-order valence-electron chi connectivity index (χ0n) is 16.7.